The Morgan fingerprint density at radius 2 is 2.00 bits per heavy atom. The molecule has 2 atom stereocenters. The summed E-state index contributed by atoms with van der Waals surface area (Å²) >= 11 is 0. The molecular weight excluding hydrogens is 212 g/mol. The molecule has 0 aromatic carbocycles. The fourth-order valence-electron chi connectivity index (χ4n) is 1.62. The molecule has 0 spiro atoms. The van der Waals surface area contributed by atoms with E-state index in [4.69, 9.17) is 10.5 Å². The third kappa shape index (κ3) is 4.00. The zero-order chi connectivity index (χ0) is 13.1. The van der Waals surface area contributed by atoms with Crippen LogP contribution in [0.25, 0.3) is 0 Å². The van der Waals surface area contributed by atoms with Crippen LogP contribution in [0.2, 0.25) is 0 Å². The van der Waals surface area contributed by atoms with Gasteiger partial charge >= 0.3 is 0 Å². The molecular formula is C14H24N2O. The second kappa shape index (κ2) is 5.50. The highest BCUT2D eigenvalue weighted by molar-refractivity contribution is 5.25. The van der Waals surface area contributed by atoms with Crippen LogP contribution in [0.15, 0.2) is 18.5 Å². The molecule has 1 heterocycles. The van der Waals surface area contributed by atoms with Crippen molar-refractivity contribution in [1.82, 2.24) is 4.98 Å². The van der Waals surface area contributed by atoms with Gasteiger partial charge in [0.15, 0.2) is 0 Å². The second-order valence-electron chi connectivity index (χ2n) is 5.77. The molecule has 3 nitrogen and oxygen atoms in total. The fraction of sp³-hybridized carbons (Fsp3) is 0.643. The summed E-state index contributed by atoms with van der Waals surface area (Å²) in [6.45, 7) is 8.98. The molecule has 0 aliphatic carbocycles. The van der Waals surface area contributed by atoms with E-state index in [-0.39, 0.29) is 11.5 Å². The molecule has 2 unspecified atom stereocenters. The minimum absolute atomic E-state index is 0.0202. The first-order valence-electron chi connectivity index (χ1n) is 6.09. The van der Waals surface area contributed by atoms with E-state index in [0.29, 0.717) is 5.92 Å². The summed E-state index contributed by atoms with van der Waals surface area (Å²) < 4.78 is 5.16. The smallest absolute Gasteiger partial charge is 0.137 e. The molecule has 2 N–H and O–H groups in total. The topological polar surface area (TPSA) is 48.1 Å². The van der Waals surface area contributed by atoms with E-state index in [1.165, 1.54) is 0 Å². The molecule has 0 amide bonds. The van der Waals surface area contributed by atoms with Gasteiger partial charge in [0.2, 0.25) is 0 Å². The monoisotopic (exact) mass is 236 g/mol. The Hall–Kier alpha value is -1.09. The Labute approximate surface area is 104 Å². The zero-order valence-corrected chi connectivity index (χ0v) is 11.5. The highest BCUT2D eigenvalue weighted by Crippen LogP contribution is 2.32. The normalized spacial score (nSPS) is 15.4. The summed E-state index contributed by atoms with van der Waals surface area (Å²) in [7, 11) is 1.64. The third-order valence-electron chi connectivity index (χ3n) is 3.48. The maximum Gasteiger partial charge on any atom is 0.137 e. The van der Waals surface area contributed by atoms with E-state index in [1.54, 1.807) is 13.3 Å². The van der Waals surface area contributed by atoms with Crippen molar-refractivity contribution in [2.75, 3.05) is 7.11 Å². The van der Waals surface area contributed by atoms with E-state index in [1.807, 2.05) is 12.3 Å². The van der Waals surface area contributed by atoms with Crippen LogP contribution >= 0.6 is 0 Å². The lowest BCUT2D eigenvalue weighted by molar-refractivity contribution is 0.233. The Morgan fingerprint density at radius 3 is 2.53 bits per heavy atom. The highest BCUT2D eigenvalue weighted by atomic mass is 16.5. The maximum absolute atomic E-state index is 6.22. The van der Waals surface area contributed by atoms with Crippen LogP contribution in [-0.4, -0.2) is 12.1 Å². The van der Waals surface area contributed by atoms with E-state index in [0.717, 1.165) is 17.7 Å². The molecule has 0 aliphatic rings. The minimum atomic E-state index is 0.0202. The van der Waals surface area contributed by atoms with Crippen LogP contribution in [0.4, 0.5) is 0 Å². The lowest BCUT2D eigenvalue weighted by Gasteiger charge is -2.29. The van der Waals surface area contributed by atoms with Gasteiger partial charge < -0.3 is 10.5 Å². The summed E-state index contributed by atoms with van der Waals surface area (Å²) in [6, 6.07) is 1.99. The van der Waals surface area contributed by atoms with E-state index < -0.39 is 0 Å². The van der Waals surface area contributed by atoms with Crippen molar-refractivity contribution in [2.45, 2.75) is 40.2 Å². The molecule has 0 saturated heterocycles. The minimum Gasteiger partial charge on any atom is -0.495 e. The molecule has 96 valence electrons. The molecule has 1 aromatic heterocycles. The van der Waals surface area contributed by atoms with Crippen LogP contribution in [0, 0.1) is 11.3 Å². The number of nitrogens with zero attached hydrogens (tertiary/aromatic N) is 1. The first kappa shape index (κ1) is 14.0. The van der Waals surface area contributed by atoms with Gasteiger partial charge in [0.1, 0.15) is 5.75 Å². The summed E-state index contributed by atoms with van der Waals surface area (Å²) in [6.07, 6.45) is 4.48. The number of pyridine rings is 1. The third-order valence-corrected chi connectivity index (χ3v) is 3.48. The van der Waals surface area contributed by atoms with Gasteiger partial charge in [-0.3, -0.25) is 4.98 Å². The number of hydrogen-bond donors (Lipinski definition) is 1. The predicted molar refractivity (Wildman–Crippen MR) is 71.0 cm³/mol. The van der Waals surface area contributed by atoms with Gasteiger partial charge in [-0.15, -0.1) is 0 Å². The molecule has 17 heavy (non-hydrogen) atoms. The van der Waals surface area contributed by atoms with Gasteiger partial charge in [-0.25, -0.2) is 0 Å². The number of rotatable bonds is 4. The SMILES string of the molecule is COc1cncc(C(N)CC(C)C(C)(C)C)c1. The van der Waals surface area contributed by atoms with Crippen molar-refractivity contribution < 1.29 is 4.74 Å². The second-order valence-corrected chi connectivity index (χ2v) is 5.77. The van der Waals surface area contributed by atoms with Gasteiger partial charge in [0, 0.05) is 12.2 Å². The van der Waals surface area contributed by atoms with Gasteiger partial charge in [0.25, 0.3) is 0 Å². The Morgan fingerprint density at radius 1 is 1.35 bits per heavy atom. The Bertz CT molecular complexity index is 357. The average Bonchev–Trinajstić information content (AvgIpc) is 2.27. The molecule has 1 aromatic rings. The van der Waals surface area contributed by atoms with Crippen molar-refractivity contribution >= 4 is 0 Å². The molecule has 1 rings (SSSR count). The standard InChI is InChI=1S/C14H24N2O/c1-10(14(2,3)4)6-13(15)11-7-12(17-5)9-16-8-11/h7-10,13H,6,15H2,1-5H3. The van der Waals surface area contributed by atoms with Gasteiger partial charge in [0.05, 0.1) is 13.3 Å². The summed E-state index contributed by atoms with van der Waals surface area (Å²) in [5, 5.41) is 0. The Balaban J connectivity index is 2.72. The molecule has 0 saturated carbocycles. The maximum atomic E-state index is 6.22. The molecule has 0 aliphatic heterocycles. The number of methoxy groups -OCH3 is 1. The number of aromatic nitrogens is 1. The van der Waals surface area contributed by atoms with E-state index in [9.17, 15) is 0 Å². The van der Waals surface area contributed by atoms with Crippen molar-refractivity contribution in [3.8, 4) is 5.75 Å². The Kier molecular flexibility index (Phi) is 4.52. The van der Waals surface area contributed by atoms with Crippen LogP contribution < -0.4 is 10.5 Å². The van der Waals surface area contributed by atoms with Gasteiger partial charge in [-0.05, 0) is 29.4 Å². The van der Waals surface area contributed by atoms with Crippen LogP contribution in [0.1, 0.15) is 45.7 Å². The van der Waals surface area contributed by atoms with Crippen LogP contribution in [0.5, 0.6) is 5.75 Å². The summed E-state index contributed by atoms with van der Waals surface area (Å²) in [4.78, 5) is 4.14. The van der Waals surface area contributed by atoms with Crippen LogP contribution in [0.3, 0.4) is 0 Å². The lowest BCUT2D eigenvalue weighted by Crippen LogP contribution is -2.23. The first-order valence-corrected chi connectivity index (χ1v) is 6.09. The zero-order valence-electron chi connectivity index (χ0n) is 11.5. The quantitative estimate of drug-likeness (QED) is 0.873. The number of ether oxygens (including phenoxy) is 1. The average molecular weight is 236 g/mol. The molecule has 0 fully saturated rings. The highest BCUT2D eigenvalue weighted by Gasteiger charge is 2.22. The molecule has 0 radical (unpaired) electrons. The fourth-order valence-corrected chi connectivity index (χ4v) is 1.62. The largest absolute Gasteiger partial charge is 0.495 e. The van der Waals surface area contributed by atoms with Crippen molar-refractivity contribution in [2.24, 2.45) is 17.1 Å². The number of nitrogens with two attached hydrogens (primary N) is 1. The molecule has 3 heteroatoms. The van der Waals surface area contributed by atoms with E-state index in [2.05, 4.69) is 32.7 Å². The van der Waals surface area contributed by atoms with Crippen molar-refractivity contribution in [3.63, 3.8) is 0 Å². The summed E-state index contributed by atoms with van der Waals surface area (Å²) in [5.41, 5.74) is 7.54. The van der Waals surface area contributed by atoms with Crippen LogP contribution in [-0.2, 0) is 0 Å². The first-order chi connectivity index (χ1) is 7.84. The number of hydrogen-bond acceptors (Lipinski definition) is 3. The van der Waals surface area contributed by atoms with E-state index >= 15 is 0 Å². The lowest BCUT2D eigenvalue weighted by atomic mass is 9.78. The van der Waals surface area contributed by atoms with Gasteiger partial charge in [-0.2, -0.15) is 0 Å². The summed E-state index contributed by atoms with van der Waals surface area (Å²) in [5.74, 6) is 1.32. The molecule has 0 bridgehead atoms. The van der Waals surface area contributed by atoms with Gasteiger partial charge in [-0.1, -0.05) is 27.7 Å². The van der Waals surface area contributed by atoms with Crippen molar-refractivity contribution in [3.05, 3.63) is 24.0 Å². The predicted octanol–water partition coefficient (Wildman–Crippen LogP) is 3.16. The van der Waals surface area contributed by atoms with Crippen molar-refractivity contribution in [1.29, 1.82) is 0 Å².